The molecule has 1 heterocycles. The zero-order valence-electron chi connectivity index (χ0n) is 19.2. The van der Waals surface area contributed by atoms with Crippen LogP contribution in [-0.2, 0) is 13.0 Å². The van der Waals surface area contributed by atoms with Crippen molar-refractivity contribution in [3.05, 3.63) is 35.4 Å². The Morgan fingerprint density at radius 1 is 0.933 bits per heavy atom. The summed E-state index contributed by atoms with van der Waals surface area (Å²) in [6, 6.07) is 8.95. The summed E-state index contributed by atoms with van der Waals surface area (Å²) in [5, 5.41) is 21.7. The summed E-state index contributed by atoms with van der Waals surface area (Å²) in [4.78, 5) is 0. The van der Waals surface area contributed by atoms with E-state index in [2.05, 4.69) is 70.0 Å². The van der Waals surface area contributed by atoms with E-state index >= 15 is 0 Å². The first-order valence-electron chi connectivity index (χ1n) is 11.7. The smallest absolute Gasteiger partial charge is 0.0406 e. The maximum atomic E-state index is 5.59. The zero-order chi connectivity index (χ0) is 21.5. The molecule has 1 aromatic carbocycles. The first kappa shape index (κ1) is 25.2. The molecule has 0 aromatic heterocycles. The van der Waals surface area contributed by atoms with E-state index in [1.807, 2.05) is 0 Å². The predicted octanol–water partition coefficient (Wildman–Crippen LogP) is -0.366. The maximum absolute atomic E-state index is 5.59. The van der Waals surface area contributed by atoms with Gasteiger partial charge in [-0.1, -0.05) is 31.2 Å². The summed E-state index contributed by atoms with van der Waals surface area (Å²) < 4.78 is 0. The molecule has 0 bridgehead atoms. The number of hydrogen-bond donors (Lipinski definition) is 7. The Morgan fingerprint density at radius 3 is 2.07 bits per heavy atom. The molecule has 0 spiro atoms. The summed E-state index contributed by atoms with van der Waals surface area (Å²) in [6.07, 6.45) is 1.09. The molecular weight excluding hydrogens is 374 g/mol. The van der Waals surface area contributed by atoms with Gasteiger partial charge in [-0.2, -0.15) is 0 Å². The molecule has 0 aliphatic carbocycles. The Bertz CT molecular complexity index is 533. The summed E-state index contributed by atoms with van der Waals surface area (Å²) >= 11 is 0. The van der Waals surface area contributed by atoms with E-state index in [4.69, 9.17) is 5.73 Å². The normalized spacial score (nSPS) is 25.0. The fourth-order valence-electron chi connectivity index (χ4n) is 3.72. The quantitative estimate of drug-likeness (QED) is 0.289. The average molecular weight is 420 g/mol. The monoisotopic (exact) mass is 419 g/mol. The summed E-state index contributed by atoms with van der Waals surface area (Å²) in [6.45, 7) is 15.8. The highest BCUT2D eigenvalue weighted by atomic mass is 15.1. The molecule has 172 valence electrons. The molecule has 1 aliphatic heterocycles. The molecule has 7 heteroatoms. The Hall–Kier alpha value is -1.06. The van der Waals surface area contributed by atoms with Crippen LogP contribution in [0, 0.1) is 5.92 Å². The Labute approximate surface area is 183 Å². The molecule has 0 saturated carbocycles. The van der Waals surface area contributed by atoms with Gasteiger partial charge in [0.25, 0.3) is 0 Å². The maximum Gasteiger partial charge on any atom is 0.0406 e. The topological polar surface area (TPSA) is 98.2 Å². The van der Waals surface area contributed by atoms with Crippen molar-refractivity contribution in [1.29, 1.82) is 0 Å². The van der Waals surface area contributed by atoms with E-state index < -0.39 is 0 Å². The minimum Gasteiger partial charge on any atom is -0.329 e. The van der Waals surface area contributed by atoms with Crippen LogP contribution in [0.15, 0.2) is 24.3 Å². The van der Waals surface area contributed by atoms with Crippen molar-refractivity contribution in [1.82, 2.24) is 31.9 Å². The third-order valence-electron chi connectivity index (χ3n) is 5.76. The van der Waals surface area contributed by atoms with Crippen molar-refractivity contribution in [2.24, 2.45) is 11.7 Å². The van der Waals surface area contributed by atoms with Crippen LogP contribution in [0.2, 0.25) is 0 Å². The van der Waals surface area contributed by atoms with Crippen molar-refractivity contribution < 1.29 is 0 Å². The molecule has 0 amide bonds. The van der Waals surface area contributed by atoms with Crippen molar-refractivity contribution in [2.45, 2.75) is 32.4 Å². The van der Waals surface area contributed by atoms with Crippen LogP contribution in [0.5, 0.6) is 0 Å². The predicted molar refractivity (Wildman–Crippen MR) is 128 cm³/mol. The van der Waals surface area contributed by atoms with Gasteiger partial charge in [-0.3, -0.25) is 0 Å². The third-order valence-corrected chi connectivity index (χ3v) is 5.76. The van der Waals surface area contributed by atoms with Crippen LogP contribution in [0.25, 0.3) is 0 Å². The molecule has 8 N–H and O–H groups in total. The molecule has 0 unspecified atom stereocenters. The van der Waals surface area contributed by atoms with Crippen LogP contribution in [0.1, 0.15) is 25.0 Å². The van der Waals surface area contributed by atoms with Crippen molar-refractivity contribution in [3.63, 3.8) is 0 Å². The van der Waals surface area contributed by atoms with E-state index in [9.17, 15) is 0 Å². The molecule has 30 heavy (non-hydrogen) atoms. The fraction of sp³-hybridized carbons (Fsp3) is 0.739. The van der Waals surface area contributed by atoms with Gasteiger partial charge in [0.2, 0.25) is 0 Å². The summed E-state index contributed by atoms with van der Waals surface area (Å²) in [7, 11) is 0. The van der Waals surface area contributed by atoms with Crippen molar-refractivity contribution in [3.8, 4) is 0 Å². The van der Waals surface area contributed by atoms with Gasteiger partial charge in [-0.25, -0.2) is 0 Å². The molecule has 1 aromatic rings. The first-order valence-corrected chi connectivity index (χ1v) is 11.7. The van der Waals surface area contributed by atoms with Crippen molar-refractivity contribution in [2.75, 3.05) is 72.0 Å². The third kappa shape index (κ3) is 10.3. The molecule has 1 aliphatic rings. The Morgan fingerprint density at radius 2 is 1.50 bits per heavy atom. The highest BCUT2D eigenvalue weighted by Gasteiger charge is 2.23. The number of rotatable bonds is 8. The number of nitrogens with one attached hydrogen (secondary N) is 6. The van der Waals surface area contributed by atoms with Crippen LogP contribution in [0.3, 0.4) is 0 Å². The minimum absolute atomic E-state index is 0.00221. The largest absolute Gasteiger partial charge is 0.329 e. The van der Waals surface area contributed by atoms with Crippen molar-refractivity contribution >= 4 is 0 Å². The minimum atomic E-state index is 0.00221. The molecule has 2 rings (SSSR count). The lowest BCUT2D eigenvalue weighted by Crippen LogP contribution is -2.57. The number of nitrogens with two attached hydrogens (primary N) is 1. The first-order chi connectivity index (χ1) is 14.6. The van der Waals surface area contributed by atoms with Gasteiger partial charge in [-0.15, -0.1) is 0 Å². The number of hydrogen-bond acceptors (Lipinski definition) is 7. The second-order valence-corrected chi connectivity index (χ2v) is 8.70. The molecule has 0 radical (unpaired) electrons. The average Bonchev–Trinajstić information content (AvgIpc) is 2.76. The Balaban J connectivity index is 1.79. The molecular formula is C23H45N7. The molecule has 7 nitrogen and oxygen atoms in total. The van der Waals surface area contributed by atoms with E-state index in [1.54, 1.807) is 0 Å². The fourth-order valence-corrected chi connectivity index (χ4v) is 3.72. The summed E-state index contributed by atoms with van der Waals surface area (Å²) in [5.74, 6) is 0.575. The van der Waals surface area contributed by atoms with Gasteiger partial charge in [0.05, 0.1) is 0 Å². The van der Waals surface area contributed by atoms with E-state index in [0.717, 1.165) is 78.4 Å². The number of benzene rings is 1. The molecule has 1 saturated heterocycles. The van der Waals surface area contributed by atoms with E-state index in [1.165, 1.54) is 11.1 Å². The van der Waals surface area contributed by atoms with Gasteiger partial charge in [0.15, 0.2) is 0 Å². The van der Waals surface area contributed by atoms with Gasteiger partial charge < -0.3 is 37.6 Å². The van der Waals surface area contributed by atoms with Crippen LogP contribution >= 0.6 is 0 Å². The van der Waals surface area contributed by atoms with Crippen LogP contribution in [0.4, 0.5) is 0 Å². The lowest BCUT2D eigenvalue weighted by Gasteiger charge is -2.32. The van der Waals surface area contributed by atoms with Gasteiger partial charge in [-0.05, 0) is 30.4 Å². The Kier molecular flexibility index (Phi) is 12.5. The second-order valence-electron chi connectivity index (χ2n) is 8.70. The van der Waals surface area contributed by atoms with Gasteiger partial charge >= 0.3 is 0 Å². The van der Waals surface area contributed by atoms with Crippen LogP contribution < -0.4 is 37.6 Å². The highest BCUT2D eigenvalue weighted by Crippen LogP contribution is 2.08. The molecule has 1 fully saturated rings. The van der Waals surface area contributed by atoms with Gasteiger partial charge in [0, 0.05) is 84.1 Å². The lowest BCUT2D eigenvalue weighted by molar-refractivity contribution is 0.312. The van der Waals surface area contributed by atoms with E-state index in [0.29, 0.717) is 12.5 Å². The van der Waals surface area contributed by atoms with E-state index in [-0.39, 0.29) is 5.54 Å². The lowest BCUT2D eigenvalue weighted by atomic mass is 10.0. The highest BCUT2D eigenvalue weighted by molar-refractivity contribution is 5.22. The number of aryl methyl sites for hydroxylation is 1. The molecule has 0 atom stereocenters. The van der Waals surface area contributed by atoms with Gasteiger partial charge in [0.1, 0.15) is 0 Å². The summed E-state index contributed by atoms with van der Waals surface area (Å²) in [5.41, 5.74) is 8.32. The zero-order valence-corrected chi connectivity index (χ0v) is 19.2. The van der Waals surface area contributed by atoms with Crippen LogP contribution in [-0.4, -0.2) is 77.5 Å². The SMILES string of the molecule is CCc1ccc(CNC2(C)CNCCNCC(CNCCN)CNCCNC2)cc1. The second kappa shape index (κ2) is 14.9. The standard InChI is InChI=1S/C23H45N7/c1-3-20-4-6-21(7-5-20)17-30-23(2)18-28-12-10-26-15-22(14-25-9-8-24)16-27-11-13-29-19-23/h4-7,22,25-30H,3,8-19,24H2,1-2H3.